The maximum Gasteiger partial charge on any atom is 0.323 e. The van der Waals surface area contributed by atoms with Gasteiger partial charge in [-0.15, -0.1) is 0 Å². The topological polar surface area (TPSA) is 125 Å². The molecule has 6 rings (SSSR count). The zero-order valence-corrected chi connectivity index (χ0v) is 24.4. The van der Waals surface area contributed by atoms with E-state index in [-0.39, 0.29) is 17.2 Å². The van der Waals surface area contributed by atoms with Crippen LogP contribution in [-0.2, 0) is 4.74 Å². The largest absolute Gasteiger partial charge is 0.378 e. The van der Waals surface area contributed by atoms with Gasteiger partial charge < -0.3 is 25.2 Å². The van der Waals surface area contributed by atoms with Crippen LogP contribution in [0.4, 0.5) is 30.8 Å². The average Bonchev–Trinajstić information content (AvgIpc) is 3.05. The molecule has 13 heteroatoms. The van der Waals surface area contributed by atoms with Gasteiger partial charge in [-0.2, -0.15) is 0 Å². The normalized spacial score (nSPS) is 13.0. The zero-order chi connectivity index (χ0) is 31.5. The lowest BCUT2D eigenvalue weighted by Gasteiger charge is -2.29. The van der Waals surface area contributed by atoms with Gasteiger partial charge >= 0.3 is 6.03 Å². The number of fused-ring (bicyclic) bond motifs is 1. The van der Waals surface area contributed by atoms with Crippen LogP contribution in [0.15, 0.2) is 73.3 Å². The van der Waals surface area contributed by atoms with Crippen LogP contribution in [0.2, 0.25) is 0 Å². The molecule has 1 aliphatic heterocycles. The maximum absolute atomic E-state index is 15.3. The van der Waals surface area contributed by atoms with E-state index in [1.165, 1.54) is 29.4 Å². The molecule has 3 heterocycles. The molecule has 228 valence electrons. The van der Waals surface area contributed by atoms with E-state index in [4.69, 9.17) is 14.7 Å². The van der Waals surface area contributed by atoms with Crippen molar-refractivity contribution in [3.8, 4) is 22.5 Å². The molecule has 0 saturated carbocycles. The summed E-state index contributed by atoms with van der Waals surface area (Å²) in [6.45, 7) is 2.23. The first kappa shape index (κ1) is 29.5. The number of carbonyl (C=O) groups excluding carboxylic acids is 2. The van der Waals surface area contributed by atoms with Gasteiger partial charge in [-0.25, -0.2) is 33.5 Å². The third-order valence-electron chi connectivity index (χ3n) is 7.22. The number of aromatic nitrogens is 4. The first-order valence-corrected chi connectivity index (χ1v) is 14.1. The van der Waals surface area contributed by atoms with E-state index in [1.54, 1.807) is 56.8 Å². The summed E-state index contributed by atoms with van der Waals surface area (Å²) < 4.78 is 35.4. The number of ether oxygens (including phenoxy) is 1. The average molecular weight is 611 g/mol. The molecule has 0 aliphatic carbocycles. The van der Waals surface area contributed by atoms with Gasteiger partial charge in [0.25, 0.3) is 5.91 Å². The molecular weight excluding hydrogens is 582 g/mol. The van der Waals surface area contributed by atoms with Crippen molar-refractivity contribution in [1.29, 1.82) is 0 Å². The van der Waals surface area contributed by atoms with E-state index in [0.717, 1.165) is 6.07 Å². The quantitative estimate of drug-likeness (QED) is 0.268. The summed E-state index contributed by atoms with van der Waals surface area (Å²) in [6, 6.07) is 13.1. The first-order chi connectivity index (χ1) is 21.8. The van der Waals surface area contributed by atoms with Crippen LogP contribution in [0, 0.1) is 11.6 Å². The molecule has 45 heavy (non-hydrogen) atoms. The fourth-order valence-electron chi connectivity index (χ4n) is 4.93. The summed E-state index contributed by atoms with van der Waals surface area (Å²) >= 11 is 0. The van der Waals surface area contributed by atoms with Crippen LogP contribution in [0.1, 0.15) is 10.4 Å². The van der Waals surface area contributed by atoms with Crippen LogP contribution in [0.5, 0.6) is 0 Å². The van der Waals surface area contributed by atoms with E-state index in [2.05, 4.69) is 20.6 Å². The molecule has 11 nitrogen and oxygen atoms in total. The second kappa shape index (κ2) is 12.6. The van der Waals surface area contributed by atoms with Gasteiger partial charge in [0.1, 0.15) is 23.8 Å². The number of nitrogens with one attached hydrogen (secondary N) is 2. The summed E-state index contributed by atoms with van der Waals surface area (Å²) in [5.74, 6) is -0.516. The van der Waals surface area contributed by atoms with Crippen molar-refractivity contribution in [2.75, 3.05) is 55.9 Å². The lowest BCUT2D eigenvalue weighted by Crippen LogP contribution is -2.37. The minimum Gasteiger partial charge on any atom is -0.378 e. The number of urea groups is 1. The van der Waals surface area contributed by atoms with Crippen LogP contribution in [0.3, 0.4) is 0 Å². The Labute approximate surface area is 256 Å². The molecule has 0 atom stereocenters. The Kier molecular flexibility index (Phi) is 8.25. The van der Waals surface area contributed by atoms with Gasteiger partial charge in [0.2, 0.25) is 0 Å². The summed E-state index contributed by atoms with van der Waals surface area (Å²) in [6.07, 6.45) is 4.46. The lowest BCUT2D eigenvalue weighted by molar-refractivity contribution is 0.0827. The van der Waals surface area contributed by atoms with Crippen molar-refractivity contribution in [1.82, 2.24) is 24.8 Å². The fraction of sp³-hybridized carbons (Fsp3) is 0.188. The van der Waals surface area contributed by atoms with Crippen molar-refractivity contribution in [3.05, 3.63) is 90.5 Å². The maximum atomic E-state index is 15.3. The number of benzene rings is 3. The van der Waals surface area contributed by atoms with E-state index in [0.29, 0.717) is 71.2 Å². The molecule has 1 fully saturated rings. The minimum absolute atomic E-state index is 0.0718. The van der Waals surface area contributed by atoms with Gasteiger partial charge in [-0.1, -0.05) is 0 Å². The Morgan fingerprint density at radius 2 is 1.60 bits per heavy atom. The van der Waals surface area contributed by atoms with Crippen molar-refractivity contribution in [2.45, 2.75) is 0 Å². The van der Waals surface area contributed by atoms with Crippen LogP contribution in [-0.4, -0.2) is 77.2 Å². The number of nitrogens with zero attached hydrogens (tertiary/aromatic N) is 6. The number of hydrogen-bond acceptors (Lipinski definition) is 8. The number of halogens is 2. The Bertz CT molecular complexity index is 1880. The number of amides is 3. The molecule has 2 aromatic heterocycles. The standard InChI is InChI=1S/C32H28F2N8O3/c1-41(2)31(43)20-5-8-27(26(34)13-20)39-32(44)37-22-6-3-19(4-7-22)29-38-28-15-23(21-16-35-18-36-17-21)25(33)14-24(28)30(40-29)42-9-11-45-12-10-42/h3-8,13-18H,9-12H2,1-2H3,(H2,37,39,44). The highest BCUT2D eigenvalue weighted by Gasteiger charge is 2.21. The van der Waals surface area contributed by atoms with Crippen molar-refractivity contribution < 1.29 is 23.1 Å². The highest BCUT2D eigenvalue weighted by molar-refractivity contribution is 6.01. The van der Waals surface area contributed by atoms with Gasteiger partial charge in [0, 0.05) is 72.9 Å². The van der Waals surface area contributed by atoms with Gasteiger partial charge in [0.15, 0.2) is 5.82 Å². The van der Waals surface area contributed by atoms with Crippen LogP contribution in [0.25, 0.3) is 33.4 Å². The van der Waals surface area contributed by atoms with Crippen molar-refractivity contribution >= 4 is 40.0 Å². The Morgan fingerprint density at radius 3 is 2.29 bits per heavy atom. The number of rotatable bonds is 6. The molecule has 3 amide bonds. The SMILES string of the molecule is CN(C)C(=O)c1ccc(NC(=O)Nc2ccc(-c3nc(N4CCOCC4)c4cc(F)c(-c5cncnc5)cc4n3)cc2)c(F)c1. The second-order valence-electron chi connectivity index (χ2n) is 10.5. The van der Waals surface area contributed by atoms with Crippen molar-refractivity contribution in [3.63, 3.8) is 0 Å². The minimum atomic E-state index is -0.736. The Balaban J connectivity index is 1.26. The van der Waals surface area contributed by atoms with Gasteiger partial charge in [0.05, 0.1) is 24.4 Å². The Hall–Kier alpha value is -5.56. The predicted octanol–water partition coefficient (Wildman–Crippen LogP) is 5.21. The second-order valence-corrected chi connectivity index (χ2v) is 10.5. The zero-order valence-electron chi connectivity index (χ0n) is 24.4. The molecule has 5 aromatic rings. The number of morpholine rings is 1. The van der Waals surface area contributed by atoms with Gasteiger partial charge in [-0.3, -0.25) is 4.79 Å². The molecule has 1 saturated heterocycles. The molecule has 0 radical (unpaired) electrons. The Morgan fingerprint density at radius 1 is 0.867 bits per heavy atom. The van der Waals surface area contributed by atoms with E-state index in [1.807, 2.05) is 4.90 Å². The number of carbonyl (C=O) groups is 2. The summed E-state index contributed by atoms with van der Waals surface area (Å²) in [4.78, 5) is 45.7. The lowest BCUT2D eigenvalue weighted by atomic mass is 10.0. The molecule has 0 spiro atoms. The molecular formula is C32H28F2N8O3. The molecule has 1 aliphatic rings. The van der Waals surface area contributed by atoms with Gasteiger partial charge in [-0.05, 0) is 54.6 Å². The van der Waals surface area contributed by atoms with E-state index in [9.17, 15) is 14.0 Å². The predicted molar refractivity (Wildman–Crippen MR) is 166 cm³/mol. The number of hydrogen-bond donors (Lipinski definition) is 2. The number of anilines is 3. The molecule has 2 N–H and O–H groups in total. The first-order valence-electron chi connectivity index (χ1n) is 14.1. The third kappa shape index (κ3) is 6.38. The smallest absolute Gasteiger partial charge is 0.323 e. The monoisotopic (exact) mass is 610 g/mol. The van der Waals surface area contributed by atoms with E-state index >= 15 is 4.39 Å². The van der Waals surface area contributed by atoms with Crippen LogP contribution >= 0.6 is 0 Å². The highest BCUT2D eigenvalue weighted by atomic mass is 19.1. The highest BCUT2D eigenvalue weighted by Crippen LogP contribution is 2.33. The van der Waals surface area contributed by atoms with Crippen molar-refractivity contribution in [2.24, 2.45) is 0 Å². The third-order valence-corrected chi connectivity index (χ3v) is 7.22. The molecule has 0 unspecified atom stereocenters. The summed E-state index contributed by atoms with van der Waals surface area (Å²) in [7, 11) is 3.14. The van der Waals surface area contributed by atoms with E-state index < -0.39 is 17.7 Å². The van der Waals surface area contributed by atoms with Crippen LogP contribution < -0.4 is 15.5 Å². The molecule has 3 aromatic carbocycles. The summed E-state index contributed by atoms with van der Waals surface area (Å²) in [5.41, 5.74) is 2.60. The summed E-state index contributed by atoms with van der Waals surface area (Å²) in [5, 5.41) is 5.70. The fourth-order valence-corrected chi connectivity index (χ4v) is 4.93. The molecule has 0 bridgehead atoms.